The second kappa shape index (κ2) is 7.04. The van der Waals surface area contributed by atoms with Gasteiger partial charge < -0.3 is 14.4 Å². The molecule has 1 amide bonds. The van der Waals surface area contributed by atoms with Crippen molar-refractivity contribution in [3.05, 3.63) is 60.0 Å². The van der Waals surface area contributed by atoms with E-state index in [4.69, 9.17) is 9.26 Å². The van der Waals surface area contributed by atoms with Crippen molar-refractivity contribution in [3.63, 3.8) is 0 Å². The van der Waals surface area contributed by atoms with Crippen molar-refractivity contribution in [3.8, 4) is 17.0 Å². The molecule has 1 aromatic carbocycles. The smallest absolute Gasteiger partial charge is 0.413 e. The van der Waals surface area contributed by atoms with Crippen LogP contribution in [-0.4, -0.2) is 28.5 Å². The number of anilines is 1. The molecule has 0 spiro atoms. The quantitative estimate of drug-likeness (QED) is 0.762. The van der Waals surface area contributed by atoms with Crippen LogP contribution in [0.1, 0.15) is 11.3 Å². The van der Waals surface area contributed by atoms with Crippen LogP contribution in [0.25, 0.3) is 11.3 Å². The number of methoxy groups -OCH3 is 1. The van der Waals surface area contributed by atoms with E-state index in [0.717, 1.165) is 27.5 Å². The van der Waals surface area contributed by atoms with E-state index >= 15 is 0 Å². The van der Waals surface area contributed by atoms with Gasteiger partial charge in [-0.05, 0) is 18.6 Å². The van der Waals surface area contributed by atoms with Gasteiger partial charge in [-0.25, -0.2) is 9.78 Å². The molecule has 7 nitrogen and oxygen atoms in total. The third kappa shape index (κ3) is 3.77. The van der Waals surface area contributed by atoms with Crippen molar-refractivity contribution >= 4 is 11.9 Å². The Bertz CT molecular complexity index is 874. The number of amides is 1. The molecule has 3 aromatic rings. The number of hydrogen-bond acceptors (Lipinski definition) is 5. The van der Waals surface area contributed by atoms with E-state index in [1.54, 1.807) is 12.1 Å². The standard InChI is InChI=1S/C18H17N3O4/c1-12-9-16(20-25-12)14-5-3-13(4-6-14)11-21(18(22)23)17-10-15(24-2)7-8-19-17/h3-10H,11H2,1-2H3,(H,22,23). The molecule has 0 radical (unpaired) electrons. The molecule has 0 aliphatic heterocycles. The Morgan fingerprint density at radius 2 is 2.00 bits per heavy atom. The van der Waals surface area contributed by atoms with E-state index in [9.17, 15) is 9.90 Å². The number of carbonyl (C=O) groups is 1. The molecule has 0 aliphatic carbocycles. The minimum absolute atomic E-state index is 0.174. The van der Waals surface area contributed by atoms with Crippen LogP contribution in [0, 0.1) is 6.92 Å². The number of pyridine rings is 1. The van der Waals surface area contributed by atoms with Gasteiger partial charge >= 0.3 is 6.09 Å². The van der Waals surface area contributed by atoms with Gasteiger partial charge in [-0.1, -0.05) is 29.4 Å². The first-order chi connectivity index (χ1) is 12.1. The SMILES string of the molecule is COc1ccnc(N(Cc2ccc(-c3cc(C)on3)cc2)C(=O)O)c1. The Balaban J connectivity index is 1.81. The molecule has 3 rings (SSSR count). The normalized spacial score (nSPS) is 10.5. The minimum atomic E-state index is -1.09. The first kappa shape index (κ1) is 16.5. The predicted molar refractivity (Wildman–Crippen MR) is 91.7 cm³/mol. The van der Waals surface area contributed by atoms with Crippen molar-refractivity contribution < 1.29 is 19.2 Å². The Morgan fingerprint density at radius 3 is 2.60 bits per heavy atom. The largest absolute Gasteiger partial charge is 0.497 e. The van der Waals surface area contributed by atoms with Crippen LogP contribution in [0.3, 0.4) is 0 Å². The molecule has 0 aliphatic rings. The minimum Gasteiger partial charge on any atom is -0.497 e. The van der Waals surface area contributed by atoms with Crippen LogP contribution in [0.2, 0.25) is 0 Å². The maximum atomic E-state index is 11.6. The van der Waals surface area contributed by atoms with Gasteiger partial charge in [0.05, 0.1) is 13.7 Å². The molecule has 0 atom stereocenters. The average molecular weight is 339 g/mol. The highest BCUT2D eigenvalue weighted by Crippen LogP contribution is 2.23. The zero-order valence-electron chi connectivity index (χ0n) is 13.8. The number of hydrogen-bond donors (Lipinski definition) is 1. The summed E-state index contributed by atoms with van der Waals surface area (Å²) < 4.78 is 10.2. The first-order valence-electron chi connectivity index (χ1n) is 7.60. The number of benzene rings is 1. The third-order valence-corrected chi connectivity index (χ3v) is 3.68. The number of ether oxygens (including phenoxy) is 1. The van der Waals surface area contributed by atoms with E-state index in [-0.39, 0.29) is 6.54 Å². The summed E-state index contributed by atoms with van der Waals surface area (Å²) in [5.74, 6) is 1.59. The van der Waals surface area contributed by atoms with Gasteiger partial charge in [0.15, 0.2) is 0 Å². The van der Waals surface area contributed by atoms with Crippen molar-refractivity contribution in [2.24, 2.45) is 0 Å². The van der Waals surface area contributed by atoms with E-state index in [2.05, 4.69) is 10.1 Å². The van der Waals surface area contributed by atoms with E-state index in [1.807, 2.05) is 37.3 Å². The summed E-state index contributed by atoms with van der Waals surface area (Å²) in [6.07, 6.45) is 0.428. The molecule has 7 heteroatoms. The van der Waals surface area contributed by atoms with Crippen molar-refractivity contribution in [2.45, 2.75) is 13.5 Å². The summed E-state index contributed by atoms with van der Waals surface area (Å²) in [4.78, 5) is 16.9. The molecular formula is C18H17N3O4. The number of nitrogens with zero attached hydrogens (tertiary/aromatic N) is 3. The van der Waals surface area contributed by atoms with Crippen molar-refractivity contribution in [1.29, 1.82) is 0 Å². The lowest BCUT2D eigenvalue weighted by atomic mass is 10.1. The Kier molecular flexibility index (Phi) is 4.65. The van der Waals surface area contributed by atoms with Crippen molar-refractivity contribution in [2.75, 3.05) is 12.0 Å². The molecule has 0 saturated heterocycles. The topological polar surface area (TPSA) is 88.7 Å². The molecule has 0 saturated carbocycles. The van der Waals surface area contributed by atoms with Gasteiger partial charge in [-0.15, -0.1) is 0 Å². The Labute approximate surface area is 144 Å². The van der Waals surface area contributed by atoms with Crippen LogP contribution in [-0.2, 0) is 6.54 Å². The summed E-state index contributed by atoms with van der Waals surface area (Å²) in [5.41, 5.74) is 2.48. The maximum absolute atomic E-state index is 11.6. The van der Waals surface area contributed by atoms with E-state index in [1.165, 1.54) is 13.3 Å². The molecule has 1 N–H and O–H groups in total. The average Bonchev–Trinajstić information content (AvgIpc) is 3.06. The fourth-order valence-electron chi connectivity index (χ4n) is 2.39. The lowest BCUT2D eigenvalue weighted by molar-refractivity contribution is 0.201. The number of aryl methyl sites for hydroxylation is 1. The third-order valence-electron chi connectivity index (χ3n) is 3.68. The van der Waals surface area contributed by atoms with E-state index < -0.39 is 6.09 Å². The molecule has 2 heterocycles. The maximum Gasteiger partial charge on any atom is 0.413 e. The zero-order valence-corrected chi connectivity index (χ0v) is 13.8. The zero-order chi connectivity index (χ0) is 17.8. The molecule has 25 heavy (non-hydrogen) atoms. The Morgan fingerprint density at radius 1 is 1.24 bits per heavy atom. The monoisotopic (exact) mass is 339 g/mol. The van der Waals surface area contributed by atoms with Gasteiger partial charge in [0.1, 0.15) is 23.0 Å². The summed E-state index contributed by atoms with van der Waals surface area (Å²) in [5, 5.41) is 13.5. The van der Waals surface area contributed by atoms with Gasteiger partial charge in [0.2, 0.25) is 0 Å². The second-order valence-corrected chi connectivity index (χ2v) is 5.44. The van der Waals surface area contributed by atoms with E-state index in [0.29, 0.717) is 11.6 Å². The van der Waals surface area contributed by atoms with Gasteiger partial charge in [0.25, 0.3) is 0 Å². The number of aromatic nitrogens is 2. The molecule has 0 fully saturated rings. The highest BCUT2D eigenvalue weighted by molar-refractivity contribution is 5.84. The van der Waals surface area contributed by atoms with Gasteiger partial charge in [-0.2, -0.15) is 0 Å². The molecule has 0 bridgehead atoms. The van der Waals surface area contributed by atoms with Gasteiger partial charge in [-0.3, -0.25) is 4.90 Å². The number of carboxylic acid groups (broad SMARTS) is 1. The summed E-state index contributed by atoms with van der Waals surface area (Å²) >= 11 is 0. The lowest BCUT2D eigenvalue weighted by Gasteiger charge is -2.18. The second-order valence-electron chi connectivity index (χ2n) is 5.44. The molecule has 128 valence electrons. The fourth-order valence-corrected chi connectivity index (χ4v) is 2.39. The predicted octanol–water partition coefficient (Wildman–Crippen LogP) is 3.74. The Hall–Kier alpha value is -3.35. The fraction of sp³-hybridized carbons (Fsp3) is 0.167. The highest BCUT2D eigenvalue weighted by Gasteiger charge is 2.17. The summed E-state index contributed by atoms with van der Waals surface area (Å²) in [7, 11) is 1.52. The highest BCUT2D eigenvalue weighted by atomic mass is 16.5. The van der Waals surface area contributed by atoms with Crippen LogP contribution >= 0.6 is 0 Å². The molecular weight excluding hydrogens is 322 g/mol. The number of rotatable bonds is 5. The lowest BCUT2D eigenvalue weighted by Crippen LogP contribution is -2.29. The van der Waals surface area contributed by atoms with Crippen LogP contribution in [0.5, 0.6) is 5.75 Å². The summed E-state index contributed by atoms with van der Waals surface area (Å²) in [6, 6.07) is 12.6. The van der Waals surface area contributed by atoms with Crippen LogP contribution in [0.4, 0.5) is 10.6 Å². The van der Waals surface area contributed by atoms with Crippen LogP contribution < -0.4 is 9.64 Å². The van der Waals surface area contributed by atoms with Crippen LogP contribution in [0.15, 0.2) is 53.2 Å². The molecule has 0 unspecified atom stereocenters. The van der Waals surface area contributed by atoms with Gasteiger partial charge in [0, 0.05) is 23.9 Å². The summed E-state index contributed by atoms with van der Waals surface area (Å²) in [6.45, 7) is 2.00. The first-order valence-corrected chi connectivity index (χ1v) is 7.60. The molecule has 2 aromatic heterocycles. The van der Waals surface area contributed by atoms with Crippen molar-refractivity contribution in [1.82, 2.24) is 10.1 Å².